The number of nitrogens with two attached hydrogens (primary N) is 1. The molecule has 0 spiro atoms. The third-order valence-corrected chi connectivity index (χ3v) is 5.68. The highest BCUT2D eigenvalue weighted by molar-refractivity contribution is 5.96. The lowest BCUT2D eigenvalue weighted by molar-refractivity contribution is -0.147. The van der Waals surface area contributed by atoms with Crippen LogP contribution in [0.4, 0.5) is 0 Å². The molecule has 0 aliphatic rings. The lowest BCUT2D eigenvalue weighted by atomic mass is 9.87. The summed E-state index contributed by atoms with van der Waals surface area (Å²) < 4.78 is 0. The summed E-state index contributed by atoms with van der Waals surface area (Å²) in [6.07, 6.45) is -0.909. The fourth-order valence-electron chi connectivity index (χ4n) is 3.03. The molecule has 0 bridgehead atoms. The molecular formula is C23H32N4O9. The number of carboxylic acid groups (broad SMARTS) is 3. The van der Waals surface area contributed by atoms with Crippen molar-refractivity contribution in [3.63, 3.8) is 0 Å². The molecule has 198 valence electrons. The van der Waals surface area contributed by atoms with E-state index in [0.29, 0.717) is 5.56 Å². The van der Waals surface area contributed by atoms with E-state index in [4.69, 9.17) is 15.9 Å². The maximum absolute atomic E-state index is 12.8. The summed E-state index contributed by atoms with van der Waals surface area (Å²) >= 11 is 0. The molecule has 13 heteroatoms. The van der Waals surface area contributed by atoms with Crippen molar-refractivity contribution in [1.29, 1.82) is 0 Å². The molecule has 1 rings (SSSR count). The number of benzene rings is 1. The SMILES string of the molecule is CC(C(=O)O)[C@](C)(N)C(=O)N[C@@H](C)C(=O)N[C@@H](CCC(=O)O)C(=O)N[C@@H](Cc1ccccc1)C(=O)O. The molecule has 0 aliphatic carbocycles. The molecular weight excluding hydrogens is 476 g/mol. The molecule has 0 aliphatic heterocycles. The van der Waals surface area contributed by atoms with Crippen LogP contribution in [-0.4, -0.2) is 74.6 Å². The Kier molecular flexibility index (Phi) is 11.0. The number of carbonyl (C=O) groups is 6. The van der Waals surface area contributed by atoms with Crippen molar-refractivity contribution < 1.29 is 44.1 Å². The Morgan fingerprint density at radius 3 is 1.92 bits per heavy atom. The Hall–Kier alpha value is -4.00. The van der Waals surface area contributed by atoms with Crippen LogP contribution in [0.1, 0.15) is 39.2 Å². The number of aliphatic carboxylic acids is 3. The van der Waals surface area contributed by atoms with Gasteiger partial charge < -0.3 is 37.0 Å². The van der Waals surface area contributed by atoms with Gasteiger partial charge in [-0.15, -0.1) is 0 Å². The van der Waals surface area contributed by atoms with Crippen molar-refractivity contribution in [2.24, 2.45) is 11.7 Å². The predicted molar refractivity (Wildman–Crippen MR) is 126 cm³/mol. The first-order valence-corrected chi connectivity index (χ1v) is 11.1. The van der Waals surface area contributed by atoms with Crippen LogP contribution in [0.2, 0.25) is 0 Å². The van der Waals surface area contributed by atoms with Gasteiger partial charge in [0.15, 0.2) is 0 Å². The molecule has 0 saturated carbocycles. The van der Waals surface area contributed by atoms with Gasteiger partial charge in [0.25, 0.3) is 0 Å². The predicted octanol–water partition coefficient (Wildman–Crippen LogP) is -0.909. The van der Waals surface area contributed by atoms with Crippen molar-refractivity contribution in [3.8, 4) is 0 Å². The zero-order valence-corrected chi connectivity index (χ0v) is 20.2. The number of carboxylic acids is 3. The van der Waals surface area contributed by atoms with Crippen molar-refractivity contribution >= 4 is 35.6 Å². The van der Waals surface area contributed by atoms with Gasteiger partial charge in [-0.3, -0.25) is 24.0 Å². The minimum absolute atomic E-state index is 0.0508. The largest absolute Gasteiger partial charge is 0.481 e. The number of nitrogens with one attached hydrogen (secondary N) is 3. The number of hydrogen-bond donors (Lipinski definition) is 7. The maximum Gasteiger partial charge on any atom is 0.326 e. The summed E-state index contributed by atoms with van der Waals surface area (Å²) in [6, 6.07) is 4.44. The number of carbonyl (C=O) groups excluding carboxylic acids is 3. The van der Waals surface area contributed by atoms with E-state index in [0.717, 1.165) is 0 Å². The van der Waals surface area contributed by atoms with Crippen molar-refractivity contribution in [2.45, 2.75) is 63.7 Å². The number of rotatable bonds is 14. The molecule has 1 aromatic rings. The van der Waals surface area contributed by atoms with E-state index in [2.05, 4.69) is 16.0 Å². The quantitative estimate of drug-likeness (QED) is 0.164. The Morgan fingerprint density at radius 1 is 0.861 bits per heavy atom. The first-order chi connectivity index (χ1) is 16.7. The van der Waals surface area contributed by atoms with Gasteiger partial charge in [-0.25, -0.2) is 4.79 Å². The second-order valence-electron chi connectivity index (χ2n) is 8.62. The van der Waals surface area contributed by atoms with Gasteiger partial charge in [-0.1, -0.05) is 30.3 Å². The van der Waals surface area contributed by atoms with Gasteiger partial charge in [0, 0.05) is 12.8 Å². The average molecular weight is 509 g/mol. The molecule has 1 aromatic carbocycles. The lowest BCUT2D eigenvalue weighted by Crippen LogP contribution is -2.62. The minimum Gasteiger partial charge on any atom is -0.481 e. The van der Waals surface area contributed by atoms with Gasteiger partial charge in [0.05, 0.1) is 5.92 Å². The average Bonchev–Trinajstić information content (AvgIpc) is 2.80. The third-order valence-electron chi connectivity index (χ3n) is 5.68. The molecule has 36 heavy (non-hydrogen) atoms. The van der Waals surface area contributed by atoms with Crippen molar-refractivity contribution in [1.82, 2.24) is 16.0 Å². The Balaban J connectivity index is 2.94. The Labute approximate surface area is 207 Å². The molecule has 3 amide bonds. The van der Waals surface area contributed by atoms with Crippen LogP contribution in [0.25, 0.3) is 0 Å². The molecule has 0 saturated heterocycles. The van der Waals surface area contributed by atoms with E-state index >= 15 is 0 Å². The van der Waals surface area contributed by atoms with E-state index in [-0.39, 0.29) is 12.8 Å². The number of hydrogen-bond acceptors (Lipinski definition) is 7. The van der Waals surface area contributed by atoms with Crippen molar-refractivity contribution in [2.75, 3.05) is 0 Å². The fourth-order valence-corrected chi connectivity index (χ4v) is 3.03. The maximum atomic E-state index is 12.8. The van der Waals surface area contributed by atoms with Gasteiger partial charge in [-0.2, -0.15) is 0 Å². The molecule has 0 aromatic heterocycles. The summed E-state index contributed by atoms with van der Waals surface area (Å²) in [5.74, 6) is -7.91. The molecule has 5 atom stereocenters. The van der Waals surface area contributed by atoms with E-state index < -0.39 is 71.6 Å². The van der Waals surface area contributed by atoms with Crippen LogP contribution < -0.4 is 21.7 Å². The minimum atomic E-state index is -1.85. The zero-order valence-electron chi connectivity index (χ0n) is 20.2. The van der Waals surface area contributed by atoms with Crippen LogP contribution in [0.15, 0.2) is 30.3 Å². The Bertz CT molecular complexity index is 981. The Morgan fingerprint density at radius 2 is 1.42 bits per heavy atom. The summed E-state index contributed by atoms with van der Waals surface area (Å²) in [4.78, 5) is 71.8. The van der Waals surface area contributed by atoms with Gasteiger partial charge in [0.2, 0.25) is 17.7 Å². The van der Waals surface area contributed by atoms with Gasteiger partial charge in [-0.05, 0) is 32.8 Å². The monoisotopic (exact) mass is 508 g/mol. The topological polar surface area (TPSA) is 225 Å². The zero-order chi connectivity index (χ0) is 27.6. The molecule has 8 N–H and O–H groups in total. The highest BCUT2D eigenvalue weighted by atomic mass is 16.4. The highest BCUT2D eigenvalue weighted by Gasteiger charge is 2.40. The van der Waals surface area contributed by atoms with Crippen LogP contribution >= 0.6 is 0 Å². The van der Waals surface area contributed by atoms with Crippen LogP contribution in [0.3, 0.4) is 0 Å². The van der Waals surface area contributed by atoms with E-state index in [9.17, 15) is 33.9 Å². The third kappa shape index (κ3) is 8.98. The smallest absolute Gasteiger partial charge is 0.326 e. The van der Waals surface area contributed by atoms with Gasteiger partial charge >= 0.3 is 17.9 Å². The van der Waals surface area contributed by atoms with Crippen LogP contribution in [0.5, 0.6) is 0 Å². The second-order valence-corrected chi connectivity index (χ2v) is 8.62. The molecule has 1 unspecified atom stereocenters. The first-order valence-electron chi connectivity index (χ1n) is 11.1. The molecule has 0 fully saturated rings. The van der Waals surface area contributed by atoms with E-state index in [1.807, 2.05) is 0 Å². The van der Waals surface area contributed by atoms with Crippen molar-refractivity contribution in [3.05, 3.63) is 35.9 Å². The summed E-state index contributed by atoms with van der Waals surface area (Å²) in [5.41, 5.74) is 4.60. The first kappa shape index (κ1) is 30.0. The second kappa shape index (κ2) is 13.2. The van der Waals surface area contributed by atoms with E-state index in [1.165, 1.54) is 20.8 Å². The van der Waals surface area contributed by atoms with Crippen LogP contribution in [0, 0.1) is 5.92 Å². The molecule has 0 radical (unpaired) electrons. The fraction of sp³-hybridized carbons (Fsp3) is 0.478. The normalized spacial score (nSPS) is 15.8. The highest BCUT2D eigenvalue weighted by Crippen LogP contribution is 2.15. The summed E-state index contributed by atoms with van der Waals surface area (Å²) in [7, 11) is 0. The molecule has 13 nitrogen and oxygen atoms in total. The van der Waals surface area contributed by atoms with Crippen LogP contribution in [-0.2, 0) is 35.2 Å². The molecule has 0 heterocycles. The summed E-state index contributed by atoms with van der Waals surface area (Å²) in [5, 5.41) is 34.5. The standard InChI is InChI=1S/C23H32N4O9/c1-12(20(32)33)23(3,24)22(36)25-13(2)18(30)26-15(9-10-17(28)29)19(31)27-16(21(34)35)11-14-7-5-4-6-8-14/h4-8,12-13,15-16H,9-11,24H2,1-3H3,(H,25,36)(H,26,30)(H,27,31)(H,28,29)(H,32,33)(H,34,35)/t12?,13-,15-,16-,23-/m0/s1. The van der Waals surface area contributed by atoms with E-state index in [1.54, 1.807) is 30.3 Å². The summed E-state index contributed by atoms with van der Waals surface area (Å²) in [6.45, 7) is 3.68. The lowest BCUT2D eigenvalue weighted by Gasteiger charge is -2.29. The number of amides is 3. The van der Waals surface area contributed by atoms with Gasteiger partial charge in [0.1, 0.15) is 23.7 Å².